The number of hydrogen-bond acceptors (Lipinski definition) is 4. The van der Waals surface area contributed by atoms with Crippen LogP contribution in [0.1, 0.15) is 26.7 Å². The fraction of sp³-hybridized carbons (Fsp3) is 0.750. The van der Waals surface area contributed by atoms with Crippen molar-refractivity contribution in [2.24, 2.45) is 0 Å². The SMILES string of the molecule is CC(C)(CC(=O)O)N(O)CCC(=O)O. The zero-order chi connectivity index (χ0) is 11.4. The smallest absolute Gasteiger partial charge is 0.305 e. The van der Waals surface area contributed by atoms with E-state index in [9.17, 15) is 14.8 Å². The van der Waals surface area contributed by atoms with Crippen molar-refractivity contribution in [2.45, 2.75) is 32.2 Å². The van der Waals surface area contributed by atoms with E-state index in [0.717, 1.165) is 5.06 Å². The number of hydroxylamine groups is 2. The minimum Gasteiger partial charge on any atom is -0.481 e. The summed E-state index contributed by atoms with van der Waals surface area (Å²) in [5, 5.41) is 27.0. The van der Waals surface area contributed by atoms with E-state index in [2.05, 4.69) is 0 Å². The average Bonchev–Trinajstić information content (AvgIpc) is 1.97. The molecule has 3 N–H and O–H groups in total. The molecule has 0 heterocycles. The van der Waals surface area contributed by atoms with E-state index in [4.69, 9.17) is 10.2 Å². The van der Waals surface area contributed by atoms with E-state index >= 15 is 0 Å². The molecule has 0 rings (SSSR count). The molecule has 0 amide bonds. The van der Waals surface area contributed by atoms with Crippen molar-refractivity contribution in [1.82, 2.24) is 5.06 Å². The Morgan fingerprint density at radius 1 is 1.21 bits per heavy atom. The summed E-state index contributed by atoms with van der Waals surface area (Å²) in [7, 11) is 0. The molecule has 0 saturated carbocycles. The zero-order valence-electron chi connectivity index (χ0n) is 8.23. The molecule has 0 aromatic carbocycles. The standard InChI is InChI=1S/C8H15NO5/c1-8(2,5-7(12)13)9(14)4-3-6(10)11/h14H,3-5H2,1-2H3,(H,10,11)(H,12,13). The molecule has 0 aromatic heterocycles. The minimum absolute atomic E-state index is 0.0877. The predicted octanol–water partition coefficient (Wildman–Crippen LogP) is 0.406. The van der Waals surface area contributed by atoms with Crippen molar-refractivity contribution in [3.63, 3.8) is 0 Å². The molecule has 0 spiro atoms. The van der Waals surface area contributed by atoms with Crippen LogP contribution in [0.25, 0.3) is 0 Å². The second kappa shape index (κ2) is 4.92. The van der Waals surface area contributed by atoms with E-state index in [1.165, 1.54) is 13.8 Å². The lowest BCUT2D eigenvalue weighted by Gasteiger charge is -2.31. The van der Waals surface area contributed by atoms with E-state index in [1.54, 1.807) is 0 Å². The van der Waals surface area contributed by atoms with Crippen LogP contribution < -0.4 is 0 Å². The topological polar surface area (TPSA) is 98.1 Å². The van der Waals surface area contributed by atoms with Gasteiger partial charge in [-0.2, -0.15) is 5.06 Å². The lowest BCUT2D eigenvalue weighted by atomic mass is 10.0. The van der Waals surface area contributed by atoms with Crippen LogP contribution in [0.3, 0.4) is 0 Å². The first-order chi connectivity index (χ1) is 6.25. The Hall–Kier alpha value is -1.14. The molecule has 0 atom stereocenters. The first kappa shape index (κ1) is 12.9. The number of nitrogens with zero attached hydrogens (tertiary/aromatic N) is 1. The van der Waals surface area contributed by atoms with Crippen molar-refractivity contribution in [3.8, 4) is 0 Å². The molecule has 0 radical (unpaired) electrons. The third-order valence-electron chi connectivity index (χ3n) is 1.82. The van der Waals surface area contributed by atoms with Crippen LogP contribution in [0.4, 0.5) is 0 Å². The Labute approximate surface area is 81.7 Å². The number of rotatable bonds is 6. The third-order valence-corrected chi connectivity index (χ3v) is 1.82. The summed E-state index contributed by atoms with van der Waals surface area (Å²) in [6.45, 7) is 2.97. The molecule has 14 heavy (non-hydrogen) atoms. The molecule has 82 valence electrons. The molecule has 0 bridgehead atoms. The number of hydrogen-bond donors (Lipinski definition) is 3. The normalized spacial score (nSPS) is 11.7. The van der Waals surface area contributed by atoms with Crippen molar-refractivity contribution >= 4 is 11.9 Å². The van der Waals surface area contributed by atoms with Gasteiger partial charge in [0, 0.05) is 6.54 Å². The van der Waals surface area contributed by atoms with Gasteiger partial charge in [-0.15, -0.1) is 0 Å². The van der Waals surface area contributed by atoms with Gasteiger partial charge < -0.3 is 15.4 Å². The van der Waals surface area contributed by atoms with Gasteiger partial charge in [-0.1, -0.05) is 0 Å². The van der Waals surface area contributed by atoms with Gasteiger partial charge in [0.15, 0.2) is 0 Å². The first-order valence-corrected chi connectivity index (χ1v) is 4.16. The Morgan fingerprint density at radius 3 is 2.07 bits per heavy atom. The summed E-state index contributed by atoms with van der Waals surface area (Å²) >= 11 is 0. The van der Waals surface area contributed by atoms with Crippen LogP contribution in [0.15, 0.2) is 0 Å². The summed E-state index contributed by atoms with van der Waals surface area (Å²) in [6, 6.07) is 0. The molecular weight excluding hydrogens is 190 g/mol. The van der Waals surface area contributed by atoms with Crippen LogP contribution in [0.5, 0.6) is 0 Å². The van der Waals surface area contributed by atoms with Gasteiger partial charge >= 0.3 is 11.9 Å². The van der Waals surface area contributed by atoms with Crippen LogP contribution in [-0.2, 0) is 9.59 Å². The van der Waals surface area contributed by atoms with Gasteiger partial charge in [0.25, 0.3) is 0 Å². The summed E-state index contributed by atoms with van der Waals surface area (Å²) < 4.78 is 0. The Kier molecular flexibility index (Phi) is 4.52. The molecule has 0 fully saturated rings. The third kappa shape index (κ3) is 4.78. The van der Waals surface area contributed by atoms with Gasteiger partial charge in [-0.3, -0.25) is 9.59 Å². The summed E-state index contributed by atoms with van der Waals surface area (Å²) in [6.07, 6.45) is -0.470. The monoisotopic (exact) mass is 205 g/mol. The Balaban J connectivity index is 4.13. The van der Waals surface area contributed by atoms with Gasteiger partial charge in [-0.05, 0) is 13.8 Å². The van der Waals surface area contributed by atoms with E-state index in [-0.39, 0.29) is 19.4 Å². The predicted molar refractivity (Wildman–Crippen MR) is 47.1 cm³/mol. The molecule has 0 aliphatic rings. The number of carboxylic acids is 2. The highest BCUT2D eigenvalue weighted by Gasteiger charge is 2.28. The van der Waals surface area contributed by atoms with Crippen molar-refractivity contribution < 1.29 is 25.0 Å². The van der Waals surface area contributed by atoms with Crippen molar-refractivity contribution in [2.75, 3.05) is 6.54 Å². The highest BCUT2D eigenvalue weighted by atomic mass is 16.5. The van der Waals surface area contributed by atoms with Gasteiger partial charge in [-0.25, -0.2) is 0 Å². The molecule has 0 unspecified atom stereocenters. The van der Waals surface area contributed by atoms with Crippen LogP contribution >= 0.6 is 0 Å². The maximum Gasteiger partial charge on any atom is 0.305 e. The molecular formula is C8H15NO5. The number of carbonyl (C=O) groups is 2. The average molecular weight is 205 g/mol. The summed E-state index contributed by atoms with van der Waals surface area (Å²) in [4.78, 5) is 20.6. The summed E-state index contributed by atoms with van der Waals surface area (Å²) in [5.41, 5.74) is -0.957. The fourth-order valence-electron chi connectivity index (χ4n) is 0.966. The first-order valence-electron chi connectivity index (χ1n) is 4.16. The van der Waals surface area contributed by atoms with Gasteiger partial charge in [0.05, 0.1) is 18.4 Å². The van der Waals surface area contributed by atoms with Crippen molar-refractivity contribution in [3.05, 3.63) is 0 Å². The van der Waals surface area contributed by atoms with Crippen LogP contribution in [0.2, 0.25) is 0 Å². The Bertz CT molecular complexity index is 226. The quantitative estimate of drug-likeness (QED) is 0.543. The highest BCUT2D eigenvalue weighted by Crippen LogP contribution is 2.16. The second-order valence-electron chi connectivity index (χ2n) is 3.65. The van der Waals surface area contributed by atoms with Gasteiger partial charge in [0.2, 0.25) is 0 Å². The van der Waals surface area contributed by atoms with Crippen LogP contribution in [-0.4, -0.2) is 44.5 Å². The highest BCUT2D eigenvalue weighted by molar-refractivity contribution is 5.68. The number of carboxylic acid groups (broad SMARTS) is 2. The lowest BCUT2D eigenvalue weighted by Crippen LogP contribution is -2.44. The molecule has 6 heteroatoms. The minimum atomic E-state index is -1.04. The molecule has 6 nitrogen and oxygen atoms in total. The van der Waals surface area contributed by atoms with Crippen molar-refractivity contribution in [1.29, 1.82) is 0 Å². The van der Waals surface area contributed by atoms with E-state index < -0.39 is 17.5 Å². The molecule has 0 aromatic rings. The molecule has 0 aliphatic heterocycles. The van der Waals surface area contributed by atoms with E-state index in [0.29, 0.717) is 0 Å². The van der Waals surface area contributed by atoms with Crippen LogP contribution in [0, 0.1) is 0 Å². The lowest BCUT2D eigenvalue weighted by molar-refractivity contribution is -0.177. The second-order valence-corrected chi connectivity index (χ2v) is 3.65. The van der Waals surface area contributed by atoms with Gasteiger partial charge in [0.1, 0.15) is 0 Å². The number of aliphatic carboxylic acids is 2. The fourth-order valence-corrected chi connectivity index (χ4v) is 0.966. The summed E-state index contributed by atoms with van der Waals surface area (Å²) in [5.74, 6) is -2.07. The largest absolute Gasteiger partial charge is 0.481 e. The van der Waals surface area contributed by atoms with E-state index in [1.807, 2.05) is 0 Å². The molecule has 0 aliphatic carbocycles. The Morgan fingerprint density at radius 2 is 1.71 bits per heavy atom. The maximum absolute atomic E-state index is 10.4. The maximum atomic E-state index is 10.4. The molecule has 0 saturated heterocycles. The zero-order valence-corrected chi connectivity index (χ0v) is 8.23.